The molecule has 0 aliphatic heterocycles. The molecule has 0 saturated heterocycles. The highest BCUT2D eigenvalue weighted by atomic mass is 79.9. The van der Waals surface area contributed by atoms with E-state index in [2.05, 4.69) is 15.9 Å². The van der Waals surface area contributed by atoms with Gasteiger partial charge in [0.2, 0.25) is 0 Å². The molecule has 0 aliphatic rings. The molecule has 94 valence electrons. The van der Waals surface area contributed by atoms with Gasteiger partial charge in [0.05, 0.1) is 5.02 Å². The van der Waals surface area contributed by atoms with Crippen molar-refractivity contribution in [2.24, 2.45) is 0 Å². The zero-order valence-electron chi connectivity index (χ0n) is 9.09. The highest BCUT2D eigenvalue weighted by Gasteiger charge is 2.07. The molecule has 0 N–H and O–H groups in total. The molecule has 0 amide bonds. The van der Waals surface area contributed by atoms with Crippen LogP contribution >= 0.6 is 27.5 Å². The molecular weight excluding hydrogens is 325 g/mol. The van der Waals surface area contributed by atoms with Crippen LogP contribution in [0.5, 0.6) is 5.75 Å². The van der Waals surface area contributed by atoms with Gasteiger partial charge in [0, 0.05) is 16.1 Å². The average Bonchev–Trinajstić information content (AvgIpc) is 2.30. The van der Waals surface area contributed by atoms with E-state index in [9.17, 15) is 8.78 Å². The minimum Gasteiger partial charge on any atom is -0.489 e. The Labute approximate surface area is 116 Å². The lowest BCUT2D eigenvalue weighted by Gasteiger charge is -2.08. The summed E-state index contributed by atoms with van der Waals surface area (Å²) in [5.41, 5.74) is 0.322. The van der Waals surface area contributed by atoms with E-state index in [4.69, 9.17) is 16.3 Å². The maximum absolute atomic E-state index is 13.6. The number of benzene rings is 2. The van der Waals surface area contributed by atoms with E-state index in [1.54, 1.807) is 18.2 Å². The van der Waals surface area contributed by atoms with Crippen LogP contribution in [0.4, 0.5) is 8.78 Å². The second-order valence-corrected chi connectivity index (χ2v) is 4.93. The first-order valence-corrected chi connectivity index (χ1v) is 6.25. The van der Waals surface area contributed by atoms with E-state index in [0.29, 0.717) is 15.8 Å². The molecule has 2 aromatic rings. The Morgan fingerprint density at radius 3 is 2.67 bits per heavy atom. The van der Waals surface area contributed by atoms with Crippen molar-refractivity contribution >= 4 is 27.5 Å². The highest BCUT2D eigenvalue weighted by Crippen LogP contribution is 2.23. The molecule has 0 aliphatic carbocycles. The normalized spacial score (nSPS) is 10.4. The monoisotopic (exact) mass is 332 g/mol. The van der Waals surface area contributed by atoms with E-state index in [1.165, 1.54) is 18.2 Å². The number of rotatable bonds is 3. The smallest absolute Gasteiger partial charge is 0.148 e. The van der Waals surface area contributed by atoms with Gasteiger partial charge >= 0.3 is 0 Å². The van der Waals surface area contributed by atoms with Crippen LogP contribution < -0.4 is 4.74 Å². The molecule has 0 heterocycles. The van der Waals surface area contributed by atoms with Crippen LogP contribution in [-0.4, -0.2) is 0 Å². The van der Waals surface area contributed by atoms with Crippen LogP contribution in [0, 0.1) is 11.6 Å². The van der Waals surface area contributed by atoms with Crippen molar-refractivity contribution in [3.8, 4) is 5.75 Å². The van der Waals surface area contributed by atoms with Crippen molar-refractivity contribution in [1.29, 1.82) is 0 Å². The molecular formula is C13H8BrClF2O. The molecule has 2 rings (SSSR count). The Balaban J connectivity index is 2.14. The Morgan fingerprint density at radius 1 is 1.17 bits per heavy atom. The molecule has 0 atom stereocenters. The van der Waals surface area contributed by atoms with Crippen molar-refractivity contribution in [2.75, 3.05) is 0 Å². The topological polar surface area (TPSA) is 9.23 Å². The molecule has 1 nitrogen and oxygen atoms in total. The third-order valence-corrected chi connectivity index (χ3v) is 3.01. The molecule has 0 spiro atoms. The Kier molecular flexibility index (Phi) is 4.19. The minimum atomic E-state index is -0.519. The summed E-state index contributed by atoms with van der Waals surface area (Å²) in [6.07, 6.45) is 0. The lowest BCUT2D eigenvalue weighted by atomic mass is 10.2. The van der Waals surface area contributed by atoms with Crippen LogP contribution in [0.2, 0.25) is 5.02 Å². The summed E-state index contributed by atoms with van der Waals surface area (Å²) in [4.78, 5) is 0. The van der Waals surface area contributed by atoms with Gasteiger partial charge in [0.1, 0.15) is 24.0 Å². The molecule has 0 bridgehead atoms. The number of hydrogen-bond donors (Lipinski definition) is 0. The third kappa shape index (κ3) is 3.21. The molecule has 5 heteroatoms. The summed E-state index contributed by atoms with van der Waals surface area (Å²) >= 11 is 8.80. The van der Waals surface area contributed by atoms with Crippen molar-refractivity contribution in [3.05, 3.63) is 63.1 Å². The molecule has 2 aromatic carbocycles. The first-order chi connectivity index (χ1) is 8.56. The van der Waals surface area contributed by atoms with Crippen LogP contribution in [0.15, 0.2) is 40.9 Å². The fourth-order valence-corrected chi connectivity index (χ4v) is 2.07. The molecule has 0 aromatic heterocycles. The van der Waals surface area contributed by atoms with Gasteiger partial charge in [-0.05, 0) is 18.2 Å². The largest absolute Gasteiger partial charge is 0.489 e. The van der Waals surface area contributed by atoms with Gasteiger partial charge in [-0.1, -0.05) is 39.7 Å². The predicted molar refractivity (Wildman–Crippen MR) is 69.8 cm³/mol. The van der Waals surface area contributed by atoms with Crippen molar-refractivity contribution in [3.63, 3.8) is 0 Å². The fourth-order valence-electron chi connectivity index (χ4n) is 1.43. The minimum absolute atomic E-state index is 0.0116. The summed E-state index contributed by atoms with van der Waals surface area (Å²) in [7, 11) is 0. The molecule has 18 heavy (non-hydrogen) atoms. The fraction of sp³-hybridized carbons (Fsp3) is 0.0769. The Hall–Kier alpha value is -1.13. The third-order valence-electron chi connectivity index (χ3n) is 2.26. The average molecular weight is 334 g/mol. The van der Waals surface area contributed by atoms with Crippen molar-refractivity contribution in [2.45, 2.75) is 6.61 Å². The van der Waals surface area contributed by atoms with Crippen LogP contribution in [0.25, 0.3) is 0 Å². The molecule has 0 fully saturated rings. The van der Waals surface area contributed by atoms with Crippen molar-refractivity contribution < 1.29 is 13.5 Å². The summed E-state index contributed by atoms with van der Waals surface area (Å²) in [5.74, 6) is -0.623. The van der Waals surface area contributed by atoms with Crippen LogP contribution in [0.3, 0.4) is 0 Å². The van der Waals surface area contributed by atoms with Crippen LogP contribution in [-0.2, 0) is 6.61 Å². The van der Waals surface area contributed by atoms with Crippen molar-refractivity contribution in [1.82, 2.24) is 0 Å². The van der Waals surface area contributed by atoms with E-state index in [-0.39, 0.29) is 11.6 Å². The van der Waals surface area contributed by atoms with Gasteiger partial charge < -0.3 is 4.74 Å². The highest BCUT2D eigenvalue weighted by molar-refractivity contribution is 9.10. The van der Waals surface area contributed by atoms with E-state index in [1.807, 2.05) is 0 Å². The molecule has 0 saturated carbocycles. The lowest BCUT2D eigenvalue weighted by Crippen LogP contribution is -1.99. The molecule has 0 unspecified atom stereocenters. The van der Waals surface area contributed by atoms with Gasteiger partial charge in [-0.2, -0.15) is 0 Å². The number of ether oxygens (including phenoxy) is 1. The maximum atomic E-state index is 13.6. The second kappa shape index (κ2) is 5.67. The number of halogens is 4. The van der Waals surface area contributed by atoms with E-state index in [0.717, 1.165) is 0 Å². The zero-order valence-corrected chi connectivity index (χ0v) is 11.4. The quantitative estimate of drug-likeness (QED) is 0.771. The maximum Gasteiger partial charge on any atom is 0.148 e. The Morgan fingerprint density at radius 2 is 1.94 bits per heavy atom. The summed E-state index contributed by atoms with van der Waals surface area (Å²) in [6, 6.07) is 8.80. The SMILES string of the molecule is Fc1cc(Br)cc(OCc2cccc(Cl)c2F)c1. The first-order valence-electron chi connectivity index (χ1n) is 5.08. The van der Waals surface area contributed by atoms with Gasteiger partial charge in [-0.25, -0.2) is 8.78 Å². The summed E-state index contributed by atoms with van der Waals surface area (Å²) in [6.45, 7) is -0.0116. The van der Waals surface area contributed by atoms with Gasteiger partial charge in [-0.3, -0.25) is 0 Å². The van der Waals surface area contributed by atoms with Crippen LogP contribution in [0.1, 0.15) is 5.56 Å². The summed E-state index contributed by atoms with van der Waals surface area (Å²) in [5, 5.41) is 0.0384. The zero-order chi connectivity index (χ0) is 13.1. The summed E-state index contributed by atoms with van der Waals surface area (Å²) < 4.78 is 32.5. The second-order valence-electron chi connectivity index (χ2n) is 3.61. The standard InChI is InChI=1S/C13H8BrClF2O/c14-9-4-10(16)6-11(5-9)18-7-8-2-1-3-12(15)13(8)17/h1-6H,7H2. The van der Waals surface area contributed by atoms with E-state index < -0.39 is 11.6 Å². The van der Waals surface area contributed by atoms with Gasteiger partial charge in [0.25, 0.3) is 0 Å². The lowest BCUT2D eigenvalue weighted by molar-refractivity contribution is 0.298. The van der Waals surface area contributed by atoms with E-state index >= 15 is 0 Å². The number of hydrogen-bond acceptors (Lipinski definition) is 1. The molecule has 0 radical (unpaired) electrons. The predicted octanol–water partition coefficient (Wildman–Crippen LogP) is 4.96. The Bertz CT molecular complexity index is 555. The first kappa shape index (κ1) is 13.3. The van der Waals surface area contributed by atoms with Gasteiger partial charge in [-0.15, -0.1) is 0 Å². The van der Waals surface area contributed by atoms with Gasteiger partial charge in [0.15, 0.2) is 0 Å².